The third-order valence-electron chi connectivity index (χ3n) is 1.29. The van der Waals surface area contributed by atoms with Crippen LogP contribution < -0.4 is 0 Å². The van der Waals surface area contributed by atoms with E-state index in [0.717, 1.165) is 0 Å². The Balaban J connectivity index is 3.36. The monoisotopic (exact) mass is 179 g/mol. The van der Waals surface area contributed by atoms with E-state index in [1.807, 2.05) is 6.92 Å². The van der Waals surface area contributed by atoms with Crippen molar-refractivity contribution in [1.82, 2.24) is 4.90 Å². The number of carbonyl (C=O) groups is 1. The Kier molecular flexibility index (Phi) is 6.03. The highest BCUT2D eigenvalue weighted by Crippen LogP contribution is 1.92. The predicted molar refractivity (Wildman–Crippen MR) is 45.0 cm³/mol. The van der Waals surface area contributed by atoms with Gasteiger partial charge in [-0.05, 0) is 13.3 Å². The van der Waals surface area contributed by atoms with Crippen LogP contribution in [0.5, 0.6) is 0 Å². The van der Waals surface area contributed by atoms with Crippen LogP contribution in [0.3, 0.4) is 0 Å². The first-order valence-electron chi connectivity index (χ1n) is 3.66. The van der Waals surface area contributed by atoms with Gasteiger partial charge in [-0.25, -0.2) is 4.79 Å². The van der Waals surface area contributed by atoms with E-state index < -0.39 is 0 Å². The molecule has 11 heavy (non-hydrogen) atoms. The first-order chi connectivity index (χ1) is 5.22. The molecule has 66 valence electrons. The lowest BCUT2D eigenvalue weighted by Gasteiger charge is -2.13. The number of halogens is 1. The molecule has 0 radical (unpaired) electrons. The molecule has 4 heteroatoms. The van der Waals surface area contributed by atoms with E-state index in [2.05, 4.69) is 0 Å². The van der Waals surface area contributed by atoms with E-state index in [1.54, 1.807) is 7.05 Å². The van der Waals surface area contributed by atoms with Crippen molar-refractivity contribution in [1.29, 1.82) is 0 Å². The molecule has 0 bridgehead atoms. The predicted octanol–water partition coefficient (Wildman–Crippen LogP) is 1.70. The lowest BCUT2D eigenvalue weighted by atomic mass is 10.5. The largest absolute Gasteiger partial charge is 0.449 e. The first-order valence-corrected chi connectivity index (χ1v) is 4.19. The molecule has 0 aromatic heterocycles. The van der Waals surface area contributed by atoms with E-state index >= 15 is 0 Å². The Morgan fingerprint density at radius 2 is 2.27 bits per heavy atom. The number of carbonyl (C=O) groups excluding carboxylic acids is 1. The molecule has 1 amide bonds. The Labute approximate surface area is 72.3 Å². The maximum Gasteiger partial charge on any atom is 0.409 e. The number of hydrogen-bond donors (Lipinski definition) is 0. The molecular formula is C7H14ClNO2. The topological polar surface area (TPSA) is 29.5 Å². The van der Waals surface area contributed by atoms with Gasteiger partial charge in [0.25, 0.3) is 0 Å². The average molecular weight is 180 g/mol. The highest BCUT2D eigenvalue weighted by Gasteiger charge is 2.05. The van der Waals surface area contributed by atoms with E-state index in [-0.39, 0.29) is 6.09 Å². The maximum atomic E-state index is 10.9. The summed E-state index contributed by atoms with van der Waals surface area (Å²) >= 11 is 5.39. The summed E-state index contributed by atoms with van der Waals surface area (Å²) in [7, 11) is 1.70. The van der Waals surface area contributed by atoms with Crippen molar-refractivity contribution >= 4 is 17.7 Å². The van der Waals surface area contributed by atoms with E-state index in [0.29, 0.717) is 25.5 Å². The fraction of sp³-hybridized carbons (Fsp3) is 0.857. The van der Waals surface area contributed by atoms with Gasteiger partial charge in [0.1, 0.15) is 0 Å². The van der Waals surface area contributed by atoms with Crippen molar-refractivity contribution in [3.05, 3.63) is 0 Å². The molecular weight excluding hydrogens is 166 g/mol. The lowest BCUT2D eigenvalue weighted by Crippen LogP contribution is -2.27. The van der Waals surface area contributed by atoms with Gasteiger partial charge < -0.3 is 9.64 Å². The summed E-state index contributed by atoms with van der Waals surface area (Å²) in [6.07, 6.45) is 0.433. The van der Waals surface area contributed by atoms with Crippen LogP contribution in [0.25, 0.3) is 0 Å². The van der Waals surface area contributed by atoms with E-state index in [4.69, 9.17) is 16.3 Å². The van der Waals surface area contributed by atoms with Crippen molar-refractivity contribution < 1.29 is 9.53 Å². The molecule has 0 aliphatic rings. The molecule has 0 spiro atoms. The van der Waals surface area contributed by atoms with Gasteiger partial charge in [0.05, 0.1) is 6.61 Å². The highest BCUT2D eigenvalue weighted by atomic mass is 35.5. The minimum atomic E-state index is -0.280. The van der Waals surface area contributed by atoms with Crippen LogP contribution in [0.4, 0.5) is 4.79 Å². The molecule has 0 atom stereocenters. The van der Waals surface area contributed by atoms with Crippen LogP contribution in [-0.4, -0.2) is 37.1 Å². The van der Waals surface area contributed by atoms with Crippen molar-refractivity contribution in [3.8, 4) is 0 Å². The molecule has 0 saturated heterocycles. The molecule has 0 aromatic rings. The molecule has 0 saturated carbocycles. The molecule has 3 nitrogen and oxygen atoms in total. The molecule has 0 aromatic carbocycles. The van der Waals surface area contributed by atoms with Crippen molar-refractivity contribution in [2.24, 2.45) is 0 Å². The number of rotatable bonds is 4. The smallest absolute Gasteiger partial charge is 0.409 e. The minimum Gasteiger partial charge on any atom is -0.449 e. The maximum absolute atomic E-state index is 10.9. The van der Waals surface area contributed by atoms with Crippen LogP contribution in [0, 0.1) is 0 Å². The summed E-state index contributed by atoms with van der Waals surface area (Å²) in [6.45, 7) is 2.97. The number of amides is 1. The fourth-order valence-corrected chi connectivity index (χ4v) is 0.562. The van der Waals surface area contributed by atoms with E-state index in [1.165, 1.54) is 4.90 Å². The van der Waals surface area contributed by atoms with Crippen LogP contribution in [0.1, 0.15) is 13.3 Å². The normalized spacial score (nSPS) is 9.36. The van der Waals surface area contributed by atoms with Gasteiger partial charge in [-0.3, -0.25) is 0 Å². The van der Waals surface area contributed by atoms with Gasteiger partial charge in [-0.15, -0.1) is 11.6 Å². The van der Waals surface area contributed by atoms with E-state index in [9.17, 15) is 4.79 Å². The Bertz CT molecular complexity index is 119. The summed E-state index contributed by atoms with van der Waals surface area (Å²) in [5.74, 6) is 0.531. The standard InChI is InChI=1S/C7H14ClNO2/c1-3-9(2)7(10)11-6-4-5-8/h3-6H2,1-2H3. The number of hydrogen-bond acceptors (Lipinski definition) is 2. The second-order valence-electron chi connectivity index (χ2n) is 2.17. The van der Waals surface area contributed by atoms with Gasteiger partial charge >= 0.3 is 6.09 Å². The fourth-order valence-electron chi connectivity index (χ4n) is 0.453. The molecule has 0 N–H and O–H groups in total. The summed E-state index contributed by atoms with van der Waals surface area (Å²) in [6, 6.07) is 0. The number of nitrogens with zero attached hydrogens (tertiary/aromatic N) is 1. The average Bonchev–Trinajstić information content (AvgIpc) is 2.03. The third-order valence-corrected chi connectivity index (χ3v) is 1.56. The van der Waals surface area contributed by atoms with Gasteiger partial charge in [0.15, 0.2) is 0 Å². The summed E-state index contributed by atoms with van der Waals surface area (Å²) in [5, 5.41) is 0. The zero-order valence-electron chi connectivity index (χ0n) is 6.97. The van der Waals surface area contributed by atoms with Gasteiger partial charge in [0.2, 0.25) is 0 Å². The second kappa shape index (κ2) is 6.28. The quantitative estimate of drug-likeness (QED) is 0.486. The lowest BCUT2D eigenvalue weighted by molar-refractivity contribution is 0.113. The molecule has 0 fully saturated rings. The minimum absolute atomic E-state index is 0.280. The molecule has 0 aliphatic carbocycles. The van der Waals surface area contributed by atoms with Gasteiger partial charge in [-0.2, -0.15) is 0 Å². The summed E-state index contributed by atoms with van der Waals surface area (Å²) in [5.41, 5.74) is 0. The van der Waals surface area contributed by atoms with Crippen LogP contribution in [-0.2, 0) is 4.74 Å². The van der Waals surface area contributed by atoms with Crippen LogP contribution in [0.2, 0.25) is 0 Å². The Morgan fingerprint density at radius 1 is 1.64 bits per heavy atom. The van der Waals surface area contributed by atoms with Crippen molar-refractivity contribution in [2.75, 3.05) is 26.1 Å². The summed E-state index contributed by atoms with van der Waals surface area (Å²) < 4.78 is 4.84. The second-order valence-corrected chi connectivity index (χ2v) is 2.55. The summed E-state index contributed by atoms with van der Waals surface area (Å²) in [4.78, 5) is 12.4. The molecule has 0 aliphatic heterocycles. The SMILES string of the molecule is CCN(C)C(=O)OCCCCl. The Morgan fingerprint density at radius 3 is 2.73 bits per heavy atom. The number of alkyl halides is 1. The Hall–Kier alpha value is -0.440. The highest BCUT2D eigenvalue weighted by molar-refractivity contribution is 6.17. The van der Waals surface area contributed by atoms with Crippen LogP contribution >= 0.6 is 11.6 Å². The first kappa shape index (κ1) is 10.6. The van der Waals surface area contributed by atoms with Gasteiger partial charge in [0, 0.05) is 19.5 Å². The molecule has 0 rings (SSSR count). The molecule has 0 unspecified atom stereocenters. The third kappa shape index (κ3) is 4.90. The van der Waals surface area contributed by atoms with Gasteiger partial charge in [-0.1, -0.05) is 0 Å². The number of ether oxygens (including phenoxy) is 1. The zero-order chi connectivity index (χ0) is 8.69. The van der Waals surface area contributed by atoms with Crippen molar-refractivity contribution in [2.45, 2.75) is 13.3 Å². The van der Waals surface area contributed by atoms with Crippen LogP contribution in [0.15, 0.2) is 0 Å². The molecule has 0 heterocycles. The van der Waals surface area contributed by atoms with Crippen molar-refractivity contribution in [3.63, 3.8) is 0 Å². The zero-order valence-corrected chi connectivity index (χ0v) is 7.73.